The first-order chi connectivity index (χ1) is 21.8. The number of hydrogen-bond acceptors (Lipinski definition) is 4. The van der Waals surface area contributed by atoms with Crippen molar-refractivity contribution in [2.24, 2.45) is 0 Å². The van der Waals surface area contributed by atoms with E-state index in [-0.39, 0.29) is 17.2 Å². The van der Waals surface area contributed by atoms with Gasteiger partial charge in [0.25, 0.3) is 11.8 Å². The van der Waals surface area contributed by atoms with Crippen LogP contribution in [0.25, 0.3) is 17.2 Å². The van der Waals surface area contributed by atoms with Gasteiger partial charge in [-0.3, -0.25) is 14.4 Å². The molecule has 0 fully saturated rings. The van der Waals surface area contributed by atoms with E-state index in [0.29, 0.717) is 32.4 Å². The van der Waals surface area contributed by atoms with Crippen LogP contribution in [0.4, 0.5) is 5.69 Å². The van der Waals surface area contributed by atoms with Crippen molar-refractivity contribution in [3.63, 3.8) is 0 Å². The van der Waals surface area contributed by atoms with E-state index in [9.17, 15) is 14.4 Å². The van der Waals surface area contributed by atoms with Crippen LogP contribution in [0.1, 0.15) is 37.4 Å². The third kappa shape index (κ3) is 7.21. The van der Waals surface area contributed by atoms with Crippen LogP contribution in [0.15, 0.2) is 126 Å². The summed E-state index contributed by atoms with van der Waals surface area (Å²) in [6, 6.07) is 34.9. The molecule has 0 saturated heterocycles. The maximum atomic E-state index is 13.5. The predicted molar refractivity (Wildman–Crippen MR) is 183 cm³/mol. The topological polar surface area (TPSA) is 75.3 Å². The third-order valence-electron chi connectivity index (χ3n) is 7.37. The second-order valence-corrected chi connectivity index (χ2v) is 12.3. The second kappa shape index (κ2) is 13.6. The monoisotopic (exact) mass is 648 g/mol. The van der Waals surface area contributed by atoms with Gasteiger partial charge in [0.15, 0.2) is 5.78 Å². The molecule has 45 heavy (non-hydrogen) atoms. The lowest BCUT2D eigenvalue weighted by Gasteiger charge is -2.13. The Bertz CT molecular complexity index is 1970. The number of benzene rings is 5. The number of hydrogen-bond donors (Lipinski definition) is 2. The molecule has 0 atom stereocenters. The van der Waals surface area contributed by atoms with Crippen LogP contribution in [0, 0.1) is 0 Å². The molecule has 222 valence electrons. The Balaban J connectivity index is 1.15. The minimum absolute atomic E-state index is 0.0000646. The summed E-state index contributed by atoms with van der Waals surface area (Å²) in [6.07, 6.45) is 2.33. The fourth-order valence-corrected chi connectivity index (χ4v) is 6.44. The van der Waals surface area contributed by atoms with E-state index < -0.39 is 11.8 Å². The van der Waals surface area contributed by atoms with Crippen molar-refractivity contribution in [1.82, 2.24) is 5.32 Å². The van der Waals surface area contributed by atoms with E-state index in [1.165, 1.54) is 40.1 Å². The van der Waals surface area contributed by atoms with Crippen molar-refractivity contribution < 1.29 is 14.4 Å². The number of carbonyl (C=O) groups excluding carboxylic acids is 3. The molecule has 0 bridgehead atoms. The van der Waals surface area contributed by atoms with Crippen LogP contribution in [-0.2, 0) is 11.2 Å². The number of thioether (sulfide) groups is 1. The van der Waals surface area contributed by atoms with Gasteiger partial charge in [0.05, 0.1) is 5.75 Å². The highest BCUT2D eigenvalue weighted by molar-refractivity contribution is 8.00. The Morgan fingerprint density at radius 1 is 0.733 bits per heavy atom. The van der Waals surface area contributed by atoms with Crippen LogP contribution in [0.3, 0.4) is 0 Å². The molecule has 2 N–H and O–H groups in total. The Kier molecular flexibility index (Phi) is 9.17. The van der Waals surface area contributed by atoms with Gasteiger partial charge >= 0.3 is 0 Å². The summed E-state index contributed by atoms with van der Waals surface area (Å²) in [5.41, 5.74) is 6.96. The van der Waals surface area contributed by atoms with Crippen molar-refractivity contribution in [3.05, 3.63) is 159 Å². The number of ketones is 1. The highest BCUT2D eigenvalue weighted by Gasteiger charge is 2.20. The summed E-state index contributed by atoms with van der Waals surface area (Å²) in [5.74, 6) is -0.707. The zero-order valence-corrected chi connectivity index (χ0v) is 26.2. The summed E-state index contributed by atoms with van der Waals surface area (Å²) < 4.78 is 0. The lowest BCUT2D eigenvalue weighted by molar-refractivity contribution is -0.113. The van der Waals surface area contributed by atoms with Crippen molar-refractivity contribution in [1.29, 1.82) is 0 Å². The summed E-state index contributed by atoms with van der Waals surface area (Å²) in [4.78, 5) is 40.4. The Labute approximate surface area is 275 Å². The zero-order chi connectivity index (χ0) is 31.3. The standard InChI is InChI=1S/C37H26Cl2N2O3S/c38-28-15-13-25(33(39)20-28)19-34(41-36(43)23-7-2-1-3-8-23)37(44)40-29-10-6-11-30(21-29)45-22-35(42)26-14-16-32-27(18-26)17-24-9-4-5-12-31(24)32/h1-16,18-21H,17,22H2,(H,40,44)(H,41,43)/b34-19-. The number of amides is 2. The molecular weight excluding hydrogens is 623 g/mol. The quantitative estimate of drug-likeness (QED) is 0.0932. The molecule has 1 aliphatic rings. The minimum Gasteiger partial charge on any atom is -0.321 e. The van der Waals surface area contributed by atoms with E-state index in [4.69, 9.17) is 23.2 Å². The minimum atomic E-state index is -0.539. The average Bonchev–Trinajstić information content (AvgIpc) is 3.43. The molecule has 0 aromatic heterocycles. The molecule has 5 aromatic carbocycles. The average molecular weight is 650 g/mol. The Morgan fingerprint density at radius 3 is 2.33 bits per heavy atom. The third-order valence-corrected chi connectivity index (χ3v) is 8.92. The van der Waals surface area contributed by atoms with E-state index in [1.54, 1.807) is 66.7 Å². The number of nitrogens with one attached hydrogen (secondary N) is 2. The van der Waals surface area contributed by atoms with Gasteiger partial charge in [0.2, 0.25) is 0 Å². The molecule has 0 radical (unpaired) electrons. The maximum Gasteiger partial charge on any atom is 0.272 e. The van der Waals surface area contributed by atoms with Gasteiger partial charge < -0.3 is 10.6 Å². The first-order valence-electron chi connectivity index (χ1n) is 14.2. The molecule has 0 aliphatic heterocycles. The summed E-state index contributed by atoms with van der Waals surface area (Å²) in [7, 11) is 0. The van der Waals surface area contributed by atoms with Gasteiger partial charge in [-0.25, -0.2) is 0 Å². The van der Waals surface area contributed by atoms with Gasteiger partial charge in [-0.1, -0.05) is 89.9 Å². The number of carbonyl (C=O) groups is 3. The molecule has 2 amide bonds. The fraction of sp³-hybridized carbons (Fsp3) is 0.0541. The van der Waals surface area contributed by atoms with Crippen molar-refractivity contribution in [2.45, 2.75) is 11.3 Å². The molecule has 0 heterocycles. The normalized spacial score (nSPS) is 11.8. The van der Waals surface area contributed by atoms with Gasteiger partial charge in [0, 0.05) is 31.8 Å². The SMILES string of the molecule is O=C(Nc1cccc(SCC(=O)c2ccc3c(c2)Cc2ccccc2-3)c1)/C(=C/c1ccc(Cl)cc1Cl)NC(=O)c1ccccc1. The van der Waals surface area contributed by atoms with Crippen molar-refractivity contribution in [2.75, 3.05) is 11.1 Å². The molecule has 5 aromatic rings. The highest BCUT2D eigenvalue weighted by Crippen LogP contribution is 2.37. The van der Waals surface area contributed by atoms with Crippen molar-refractivity contribution in [3.8, 4) is 11.1 Å². The highest BCUT2D eigenvalue weighted by atomic mass is 35.5. The van der Waals surface area contributed by atoms with Crippen molar-refractivity contribution >= 4 is 64.3 Å². The van der Waals surface area contributed by atoms with Crippen LogP contribution in [0.2, 0.25) is 10.0 Å². The molecule has 8 heteroatoms. The van der Waals surface area contributed by atoms with E-state index >= 15 is 0 Å². The maximum absolute atomic E-state index is 13.5. The summed E-state index contributed by atoms with van der Waals surface area (Å²) in [6.45, 7) is 0. The second-order valence-electron chi connectivity index (χ2n) is 10.4. The van der Waals surface area contributed by atoms with Gasteiger partial charge in [-0.15, -0.1) is 11.8 Å². The number of rotatable bonds is 9. The molecule has 5 nitrogen and oxygen atoms in total. The number of halogens is 2. The summed E-state index contributed by atoms with van der Waals surface area (Å²) >= 11 is 13.8. The van der Waals surface area contributed by atoms with E-state index in [1.807, 2.05) is 36.4 Å². The Morgan fingerprint density at radius 2 is 1.51 bits per heavy atom. The molecule has 1 aliphatic carbocycles. The Hall–Kier alpha value is -4.62. The van der Waals surface area contributed by atoms with Crippen LogP contribution >= 0.6 is 35.0 Å². The molecule has 6 rings (SSSR count). The lowest BCUT2D eigenvalue weighted by Crippen LogP contribution is -2.30. The summed E-state index contributed by atoms with van der Waals surface area (Å²) in [5, 5.41) is 6.35. The number of Topliss-reactive ketones (excluding diaryl/α,β-unsaturated/α-hetero) is 1. The molecule has 0 saturated carbocycles. The van der Waals surface area contributed by atoms with Gasteiger partial charge in [-0.2, -0.15) is 0 Å². The first-order valence-corrected chi connectivity index (χ1v) is 15.9. The van der Waals surface area contributed by atoms with E-state index in [0.717, 1.165) is 11.3 Å². The fourth-order valence-electron chi connectivity index (χ4n) is 5.13. The van der Waals surface area contributed by atoms with Crippen LogP contribution < -0.4 is 10.6 Å². The zero-order valence-electron chi connectivity index (χ0n) is 23.9. The first kappa shape index (κ1) is 30.4. The van der Waals surface area contributed by atoms with Crippen LogP contribution in [0.5, 0.6) is 0 Å². The van der Waals surface area contributed by atoms with Gasteiger partial charge in [-0.05, 0) is 88.8 Å². The van der Waals surface area contributed by atoms with Gasteiger partial charge in [0.1, 0.15) is 5.70 Å². The number of anilines is 1. The largest absolute Gasteiger partial charge is 0.321 e. The van der Waals surface area contributed by atoms with E-state index in [2.05, 4.69) is 22.8 Å². The molecular formula is C37H26Cl2N2O3S. The smallest absolute Gasteiger partial charge is 0.272 e. The van der Waals surface area contributed by atoms with Crippen LogP contribution in [-0.4, -0.2) is 23.4 Å². The lowest BCUT2D eigenvalue weighted by atomic mass is 10.0. The predicted octanol–water partition coefficient (Wildman–Crippen LogP) is 8.95. The molecule has 0 unspecified atom stereocenters. The number of fused-ring (bicyclic) bond motifs is 3. The molecule has 0 spiro atoms.